The van der Waals surface area contributed by atoms with Gasteiger partial charge < -0.3 is 14.8 Å². The van der Waals surface area contributed by atoms with Gasteiger partial charge in [-0.25, -0.2) is 0 Å². The zero-order valence-corrected chi connectivity index (χ0v) is 13.7. The lowest BCUT2D eigenvalue weighted by molar-refractivity contribution is 0.307. The monoisotopic (exact) mass is 291 g/mol. The van der Waals surface area contributed by atoms with Gasteiger partial charge in [-0.1, -0.05) is 44.7 Å². The molecule has 0 amide bonds. The van der Waals surface area contributed by atoms with Crippen molar-refractivity contribution in [1.82, 2.24) is 5.32 Å². The smallest absolute Gasteiger partial charge is 0.165 e. The molecule has 1 aromatic rings. The third kappa shape index (κ3) is 3.91. The summed E-state index contributed by atoms with van der Waals surface area (Å²) in [5.41, 5.74) is 1.24. The van der Waals surface area contributed by atoms with Crippen LogP contribution in [0.4, 0.5) is 0 Å². The molecular formula is C18H29NO2. The molecule has 1 fully saturated rings. The van der Waals surface area contributed by atoms with Gasteiger partial charge in [-0.3, -0.25) is 0 Å². The van der Waals surface area contributed by atoms with E-state index in [1.54, 1.807) is 14.2 Å². The Morgan fingerprint density at radius 2 is 1.81 bits per heavy atom. The number of ether oxygens (including phenoxy) is 2. The summed E-state index contributed by atoms with van der Waals surface area (Å²) < 4.78 is 11.1. The van der Waals surface area contributed by atoms with Crippen LogP contribution in [-0.4, -0.2) is 20.8 Å². The molecule has 0 aromatic heterocycles. The molecule has 1 atom stereocenters. The molecule has 1 N–H and O–H groups in total. The number of para-hydroxylation sites is 1. The summed E-state index contributed by atoms with van der Waals surface area (Å²) in [6, 6.07) is 6.58. The number of rotatable bonds is 6. The Balaban J connectivity index is 2.32. The molecule has 118 valence electrons. The van der Waals surface area contributed by atoms with Crippen LogP contribution in [0.5, 0.6) is 11.5 Å². The number of nitrogens with one attached hydrogen (secondary N) is 1. The van der Waals surface area contributed by atoms with Crippen LogP contribution in [0.2, 0.25) is 0 Å². The fraction of sp³-hybridized carbons (Fsp3) is 0.667. The van der Waals surface area contributed by atoms with Gasteiger partial charge in [0.2, 0.25) is 0 Å². The quantitative estimate of drug-likeness (QED) is 0.792. The van der Waals surface area contributed by atoms with Gasteiger partial charge >= 0.3 is 0 Å². The minimum Gasteiger partial charge on any atom is -0.493 e. The predicted octanol–water partition coefficient (Wildman–Crippen LogP) is 4.32. The minimum absolute atomic E-state index is 0.359. The first-order valence-corrected chi connectivity index (χ1v) is 8.26. The van der Waals surface area contributed by atoms with E-state index in [0.717, 1.165) is 18.0 Å². The van der Waals surface area contributed by atoms with Crippen molar-refractivity contribution in [2.24, 2.45) is 5.92 Å². The van der Waals surface area contributed by atoms with E-state index in [9.17, 15) is 0 Å². The molecule has 0 bridgehead atoms. The van der Waals surface area contributed by atoms with Gasteiger partial charge in [-0.05, 0) is 31.4 Å². The lowest BCUT2D eigenvalue weighted by atomic mass is 9.86. The fourth-order valence-electron chi connectivity index (χ4n) is 3.55. The minimum atomic E-state index is 0.359. The number of hydrogen-bond acceptors (Lipinski definition) is 3. The highest BCUT2D eigenvalue weighted by Gasteiger charge is 2.27. The highest BCUT2D eigenvalue weighted by molar-refractivity contribution is 5.48. The average Bonchev–Trinajstić information content (AvgIpc) is 2.80. The molecule has 0 radical (unpaired) electrons. The maximum absolute atomic E-state index is 5.65. The topological polar surface area (TPSA) is 30.5 Å². The van der Waals surface area contributed by atoms with Crippen molar-refractivity contribution in [1.29, 1.82) is 0 Å². The summed E-state index contributed by atoms with van der Waals surface area (Å²) in [4.78, 5) is 0. The maximum atomic E-state index is 5.65. The highest BCUT2D eigenvalue weighted by Crippen LogP contribution is 2.41. The van der Waals surface area contributed by atoms with Crippen molar-refractivity contribution in [3.05, 3.63) is 23.8 Å². The van der Waals surface area contributed by atoms with Crippen molar-refractivity contribution < 1.29 is 9.47 Å². The SMILES string of the molecule is CCNC(c1cccc(OC)c1OC)C1CCCCCC1. The van der Waals surface area contributed by atoms with Gasteiger partial charge in [0, 0.05) is 11.6 Å². The van der Waals surface area contributed by atoms with E-state index in [-0.39, 0.29) is 0 Å². The molecule has 2 rings (SSSR count). The molecule has 21 heavy (non-hydrogen) atoms. The average molecular weight is 291 g/mol. The lowest BCUT2D eigenvalue weighted by Gasteiger charge is -2.29. The van der Waals surface area contributed by atoms with Crippen molar-refractivity contribution in [2.75, 3.05) is 20.8 Å². The van der Waals surface area contributed by atoms with Crippen LogP contribution < -0.4 is 14.8 Å². The zero-order valence-electron chi connectivity index (χ0n) is 13.7. The Morgan fingerprint density at radius 1 is 1.10 bits per heavy atom. The van der Waals surface area contributed by atoms with Crippen molar-refractivity contribution in [3.63, 3.8) is 0 Å². The van der Waals surface area contributed by atoms with E-state index < -0.39 is 0 Å². The molecule has 1 saturated carbocycles. The van der Waals surface area contributed by atoms with Crippen LogP contribution in [0.15, 0.2) is 18.2 Å². The van der Waals surface area contributed by atoms with Crippen molar-refractivity contribution >= 4 is 0 Å². The van der Waals surface area contributed by atoms with E-state index in [0.29, 0.717) is 12.0 Å². The third-order valence-corrected chi connectivity index (χ3v) is 4.56. The summed E-state index contributed by atoms with van der Waals surface area (Å²) in [6.07, 6.45) is 8.06. The molecular weight excluding hydrogens is 262 g/mol. The Hall–Kier alpha value is -1.22. The molecule has 0 spiro atoms. The number of benzene rings is 1. The summed E-state index contributed by atoms with van der Waals surface area (Å²) in [7, 11) is 3.44. The van der Waals surface area contributed by atoms with Gasteiger partial charge in [0.1, 0.15) is 0 Å². The first kappa shape index (κ1) is 16.2. The van der Waals surface area contributed by atoms with E-state index in [1.807, 2.05) is 6.07 Å². The van der Waals surface area contributed by atoms with Crippen molar-refractivity contribution in [2.45, 2.75) is 51.5 Å². The van der Waals surface area contributed by atoms with Gasteiger partial charge in [-0.15, -0.1) is 0 Å². The standard InChI is InChI=1S/C18H29NO2/c1-4-19-17(14-10-7-5-6-8-11-14)15-12-9-13-16(20-2)18(15)21-3/h9,12-14,17,19H,4-8,10-11H2,1-3H3. The maximum Gasteiger partial charge on any atom is 0.165 e. The molecule has 0 saturated heterocycles. The largest absolute Gasteiger partial charge is 0.493 e. The first-order chi connectivity index (χ1) is 10.3. The Morgan fingerprint density at radius 3 is 2.38 bits per heavy atom. The predicted molar refractivity (Wildman–Crippen MR) is 87.2 cm³/mol. The molecule has 3 nitrogen and oxygen atoms in total. The molecule has 1 aliphatic rings. The Labute approximate surface area is 129 Å². The van der Waals surface area contributed by atoms with E-state index in [4.69, 9.17) is 9.47 Å². The molecule has 1 aliphatic carbocycles. The summed E-state index contributed by atoms with van der Waals surface area (Å²) in [5, 5.41) is 3.69. The number of methoxy groups -OCH3 is 2. The van der Waals surface area contributed by atoms with Crippen molar-refractivity contribution in [3.8, 4) is 11.5 Å². The van der Waals surface area contributed by atoms with Gasteiger partial charge in [0.05, 0.1) is 14.2 Å². The summed E-state index contributed by atoms with van der Waals surface area (Å²) in [5.74, 6) is 2.40. The van der Waals surface area contributed by atoms with Gasteiger partial charge in [-0.2, -0.15) is 0 Å². The van der Waals surface area contributed by atoms with Gasteiger partial charge in [0.25, 0.3) is 0 Å². The van der Waals surface area contributed by atoms with Crippen LogP contribution in [0.1, 0.15) is 57.1 Å². The van der Waals surface area contributed by atoms with E-state index >= 15 is 0 Å². The molecule has 0 aliphatic heterocycles. The van der Waals surface area contributed by atoms with Gasteiger partial charge in [0.15, 0.2) is 11.5 Å². The zero-order chi connectivity index (χ0) is 15.1. The lowest BCUT2D eigenvalue weighted by Crippen LogP contribution is -2.28. The summed E-state index contributed by atoms with van der Waals surface area (Å²) >= 11 is 0. The van der Waals surface area contributed by atoms with Crippen LogP contribution in [0.25, 0.3) is 0 Å². The van der Waals surface area contributed by atoms with Crippen LogP contribution in [0, 0.1) is 5.92 Å². The second kappa shape index (κ2) is 8.28. The molecule has 1 aromatic carbocycles. The molecule has 3 heteroatoms. The number of hydrogen-bond donors (Lipinski definition) is 1. The van der Waals surface area contributed by atoms with E-state index in [1.165, 1.54) is 44.1 Å². The highest BCUT2D eigenvalue weighted by atomic mass is 16.5. The second-order valence-corrected chi connectivity index (χ2v) is 5.87. The fourth-order valence-corrected chi connectivity index (χ4v) is 3.55. The second-order valence-electron chi connectivity index (χ2n) is 5.87. The van der Waals surface area contributed by atoms with E-state index in [2.05, 4.69) is 24.4 Å². The van der Waals surface area contributed by atoms with Crippen LogP contribution in [-0.2, 0) is 0 Å². The first-order valence-electron chi connectivity index (χ1n) is 8.26. The van der Waals surface area contributed by atoms with Crippen LogP contribution in [0.3, 0.4) is 0 Å². The Bertz CT molecular complexity index is 425. The molecule has 0 heterocycles. The Kier molecular flexibility index (Phi) is 6.37. The summed E-state index contributed by atoms with van der Waals surface area (Å²) in [6.45, 7) is 3.15. The normalized spacial score (nSPS) is 18.0. The third-order valence-electron chi connectivity index (χ3n) is 4.56. The van der Waals surface area contributed by atoms with Crippen LogP contribution >= 0.6 is 0 Å². The molecule has 1 unspecified atom stereocenters.